The molecular weight excluding hydrogens is 196 g/mol. The van der Waals surface area contributed by atoms with Gasteiger partial charge >= 0.3 is 0 Å². The van der Waals surface area contributed by atoms with Gasteiger partial charge in [0, 0.05) is 18.4 Å². The monoisotopic (exact) mass is 218 g/mol. The number of nitrogens with zero attached hydrogens (tertiary/aromatic N) is 1. The van der Waals surface area contributed by atoms with Crippen LogP contribution in [-0.2, 0) is 0 Å². The summed E-state index contributed by atoms with van der Waals surface area (Å²) in [7, 11) is 2.08. The lowest BCUT2D eigenvalue weighted by Gasteiger charge is -2.25. The minimum Gasteiger partial charge on any atom is -0.316 e. The SMILES string of the molecule is CNC(C(C)c1ccncc1)C1CC1(C)C. The zero-order valence-electron chi connectivity index (χ0n) is 10.7. The van der Waals surface area contributed by atoms with Crippen LogP contribution in [0.4, 0.5) is 0 Å². The average Bonchev–Trinajstić information content (AvgIpc) is 2.90. The molecule has 0 aromatic carbocycles. The van der Waals surface area contributed by atoms with Gasteiger partial charge in [0.2, 0.25) is 0 Å². The minimum absolute atomic E-state index is 0.523. The summed E-state index contributed by atoms with van der Waals surface area (Å²) in [6.45, 7) is 7.04. The molecule has 88 valence electrons. The van der Waals surface area contributed by atoms with Gasteiger partial charge in [0.05, 0.1) is 0 Å². The van der Waals surface area contributed by atoms with E-state index in [-0.39, 0.29) is 0 Å². The Bertz CT molecular complexity index is 345. The molecule has 1 saturated carbocycles. The van der Waals surface area contributed by atoms with Crippen molar-refractivity contribution in [2.75, 3.05) is 7.05 Å². The molecule has 1 aromatic heterocycles. The topological polar surface area (TPSA) is 24.9 Å². The molecule has 2 rings (SSSR count). The van der Waals surface area contributed by atoms with Crippen molar-refractivity contribution >= 4 is 0 Å². The zero-order valence-corrected chi connectivity index (χ0v) is 10.7. The fraction of sp³-hybridized carbons (Fsp3) is 0.643. The van der Waals surface area contributed by atoms with Crippen molar-refractivity contribution in [3.8, 4) is 0 Å². The van der Waals surface area contributed by atoms with Crippen LogP contribution in [-0.4, -0.2) is 18.1 Å². The van der Waals surface area contributed by atoms with Crippen LogP contribution < -0.4 is 5.32 Å². The van der Waals surface area contributed by atoms with Crippen LogP contribution in [0.3, 0.4) is 0 Å². The maximum atomic E-state index is 4.08. The number of hydrogen-bond acceptors (Lipinski definition) is 2. The Hall–Kier alpha value is -0.890. The summed E-state index contributed by atoms with van der Waals surface area (Å²) in [6, 6.07) is 4.84. The Morgan fingerprint density at radius 3 is 2.38 bits per heavy atom. The van der Waals surface area contributed by atoms with E-state index in [0.29, 0.717) is 17.4 Å². The lowest BCUT2D eigenvalue weighted by molar-refractivity contribution is 0.383. The molecule has 1 aliphatic carbocycles. The molecule has 0 spiro atoms. The predicted molar refractivity (Wildman–Crippen MR) is 67.4 cm³/mol. The number of pyridine rings is 1. The third-order valence-corrected chi connectivity index (χ3v) is 4.13. The Labute approximate surface area is 98.5 Å². The highest BCUT2D eigenvalue weighted by molar-refractivity contribution is 5.20. The van der Waals surface area contributed by atoms with E-state index in [9.17, 15) is 0 Å². The van der Waals surface area contributed by atoms with Crippen molar-refractivity contribution in [2.24, 2.45) is 11.3 Å². The number of hydrogen-bond donors (Lipinski definition) is 1. The van der Waals surface area contributed by atoms with Crippen LogP contribution in [0.25, 0.3) is 0 Å². The predicted octanol–water partition coefficient (Wildman–Crippen LogP) is 2.82. The molecular formula is C14H22N2. The molecule has 0 radical (unpaired) electrons. The molecule has 1 aromatic rings. The van der Waals surface area contributed by atoms with Gasteiger partial charge in [-0.15, -0.1) is 0 Å². The fourth-order valence-corrected chi connectivity index (χ4v) is 2.79. The summed E-state index contributed by atoms with van der Waals surface area (Å²) >= 11 is 0. The van der Waals surface area contributed by atoms with Gasteiger partial charge in [0.25, 0.3) is 0 Å². The molecule has 3 unspecified atom stereocenters. The Morgan fingerprint density at radius 2 is 1.94 bits per heavy atom. The summed E-state index contributed by atoms with van der Waals surface area (Å²) < 4.78 is 0. The molecule has 0 aliphatic heterocycles. The highest BCUT2D eigenvalue weighted by Gasteiger charge is 2.50. The molecule has 2 nitrogen and oxygen atoms in total. The third kappa shape index (κ3) is 2.12. The third-order valence-electron chi connectivity index (χ3n) is 4.13. The molecule has 3 atom stereocenters. The van der Waals surface area contributed by atoms with E-state index >= 15 is 0 Å². The van der Waals surface area contributed by atoms with Gasteiger partial charge in [-0.3, -0.25) is 4.98 Å². The number of nitrogens with one attached hydrogen (secondary N) is 1. The molecule has 2 heteroatoms. The first-order valence-electron chi connectivity index (χ1n) is 6.13. The van der Waals surface area contributed by atoms with Gasteiger partial charge in [0.1, 0.15) is 0 Å². The van der Waals surface area contributed by atoms with Gasteiger partial charge in [0.15, 0.2) is 0 Å². The van der Waals surface area contributed by atoms with Crippen molar-refractivity contribution < 1.29 is 0 Å². The van der Waals surface area contributed by atoms with E-state index in [1.165, 1.54) is 12.0 Å². The molecule has 0 saturated heterocycles. The molecule has 0 bridgehead atoms. The van der Waals surface area contributed by atoms with Crippen molar-refractivity contribution in [2.45, 2.75) is 39.2 Å². The van der Waals surface area contributed by atoms with Crippen molar-refractivity contribution in [3.63, 3.8) is 0 Å². The number of likely N-dealkylation sites (N-methyl/N-ethyl adjacent to an activating group) is 1. The lowest BCUT2D eigenvalue weighted by Crippen LogP contribution is -2.34. The van der Waals surface area contributed by atoms with Gasteiger partial charge in [-0.2, -0.15) is 0 Å². The van der Waals surface area contributed by atoms with Crippen molar-refractivity contribution in [3.05, 3.63) is 30.1 Å². The number of rotatable bonds is 4. The van der Waals surface area contributed by atoms with E-state index in [1.807, 2.05) is 12.4 Å². The smallest absolute Gasteiger partial charge is 0.0270 e. The number of aromatic nitrogens is 1. The van der Waals surface area contributed by atoms with Gasteiger partial charge in [-0.25, -0.2) is 0 Å². The van der Waals surface area contributed by atoms with Crippen LogP contribution >= 0.6 is 0 Å². The van der Waals surface area contributed by atoms with E-state index in [4.69, 9.17) is 0 Å². The van der Waals surface area contributed by atoms with Gasteiger partial charge in [-0.05, 0) is 48.4 Å². The minimum atomic E-state index is 0.523. The molecule has 1 N–H and O–H groups in total. The second-order valence-corrected chi connectivity index (χ2v) is 5.68. The van der Waals surface area contributed by atoms with Crippen molar-refractivity contribution in [1.29, 1.82) is 0 Å². The quantitative estimate of drug-likeness (QED) is 0.840. The second-order valence-electron chi connectivity index (χ2n) is 5.68. The van der Waals surface area contributed by atoms with E-state index < -0.39 is 0 Å². The summed E-state index contributed by atoms with van der Waals surface area (Å²) in [5.74, 6) is 1.36. The molecule has 0 amide bonds. The van der Waals surface area contributed by atoms with E-state index in [1.54, 1.807) is 0 Å². The maximum Gasteiger partial charge on any atom is 0.0270 e. The molecule has 1 heterocycles. The molecule has 16 heavy (non-hydrogen) atoms. The van der Waals surface area contributed by atoms with Crippen molar-refractivity contribution in [1.82, 2.24) is 10.3 Å². The summed E-state index contributed by atoms with van der Waals surface area (Å²) in [4.78, 5) is 4.08. The molecule has 1 aliphatic rings. The highest BCUT2D eigenvalue weighted by atomic mass is 14.9. The first kappa shape index (κ1) is 11.6. The normalized spacial score (nSPS) is 26.1. The van der Waals surface area contributed by atoms with E-state index in [0.717, 1.165) is 5.92 Å². The van der Waals surface area contributed by atoms with Crippen LogP contribution in [0.5, 0.6) is 0 Å². The summed E-state index contributed by atoms with van der Waals surface area (Å²) in [5.41, 5.74) is 1.91. The standard InChI is InChI=1S/C14H22N2/c1-10(11-5-7-16-8-6-11)13(15-4)12-9-14(12,2)3/h5-8,10,12-13,15H,9H2,1-4H3. The summed E-state index contributed by atoms with van der Waals surface area (Å²) in [6.07, 6.45) is 5.11. The maximum absolute atomic E-state index is 4.08. The Kier molecular flexibility index (Phi) is 3.02. The van der Waals surface area contributed by atoms with E-state index in [2.05, 4.69) is 50.3 Å². The van der Waals surface area contributed by atoms with Crippen LogP contribution in [0, 0.1) is 11.3 Å². The van der Waals surface area contributed by atoms with Gasteiger partial charge < -0.3 is 5.32 Å². The largest absolute Gasteiger partial charge is 0.316 e. The Balaban J connectivity index is 2.11. The molecule has 1 fully saturated rings. The average molecular weight is 218 g/mol. The first-order chi connectivity index (χ1) is 7.56. The van der Waals surface area contributed by atoms with Crippen LogP contribution in [0.2, 0.25) is 0 Å². The van der Waals surface area contributed by atoms with Crippen LogP contribution in [0.15, 0.2) is 24.5 Å². The fourth-order valence-electron chi connectivity index (χ4n) is 2.79. The second kappa shape index (κ2) is 4.17. The first-order valence-corrected chi connectivity index (χ1v) is 6.13. The lowest BCUT2D eigenvalue weighted by atomic mass is 9.88. The zero-order chi connectivity index (χ0) is 11.8. The van der Waals surface area contributed by atoms with Crippen LogP contribution in [0.1, 0.15) is 38.7 Å². The van der Waals surface area contributed by atoms with Gasteiger partial charge in [-0.1, -0.05) is 20.8 Å². The summed E-state index contributed by atoms with van der Waals surface area (Å²) in [5, 5.41) is 3.50. The Morgan fingerprint density at radius 1 is 1.38 bits per heavy atom. The highest BCUT2D eigenvalue weighted by Crippen LogP contribution is 2.55.